The standard InChI is InChI=1S/C12H11NOS/c1-8(14)10-3-5-11(6-4-10)12-7-15-9(2)13-12/h3-7H,1-2H3. The summed E-state index contributed by atoms with van der Waals surface area (Å²) in [5.74, 6) is 0.0935. The first-order valence-electron chi connectivity index (χ1n) is 4.70. The highest BCUT2D eigenvalue weighted by Crippen LogP contribution is 2.21. The van der Waals surface area contributed by atoms with Gasteiger partial charge in [0, 0.05) is 16.5 Å². The molecule has 3 heteroatoms. The molecule has 2 nitrogen and oxygen atoms in total. The van der Waals surface area contributed by atoms with Crippen molar-refractivity contribution in [3.05, 3.63) is 40.2 Å². The lowest BCUT2D eigenvalue weighted by molar-refractivity contribution is 0.101. The molecule has 0 bridgehead atoms. The number of hydrogen-bond acceptors (Lipinski definition) is 3. The quantitative estimate of drug-likeness (QED) is 0.722. The maximum absolute atomic E-state index is 11.1. The summed E-state index contributed by atoms with van der Waals surface area (Å²) < 4.78 is 0. The van der Waals surface area contributed by atoms with Crippen molar-refractivity contribution in [2.45, 2.75) is 13.8 Å². The van der Waals surface area contributed by atoms with Gasteiger partial charge in [0.1, 0.15) is 0 Å². The largest absolute Gasteiger partial charge is 0.295 e. The summed E-state index contributed by atoms with van der Waals surface area (Å²) in [4.78, 5) is 15.5. The molecule has 15 heavy (non-hydrogen) atoms. The normalized spacial score (nSPS) is 10.3. The zero-order chi connectivity index (χ0) is 10.8. The highest BCUT2D eigenvalue weighted by Gasteiger charge is 2.03. The predicted octanol–water partition coefficient (Wildman–Crippen LogP) is 3.32. The molecule has 0 unspecified atom stereocenters. The molecule has 1 aromatic heterocycles. The smallest absolute Gasteiger partial charge is 0.159 e. The number of rotatable bonds is 2. The third-order valence-electron chi connectivity index (χ3n) is 2.21. The molecule has 0 saturated heterocycles. The summed E-state index contributed by atoms with van der Waals surface area (Å²) in [5, 5.41) is 3.08. The van der Waals surface area contributed by atoms with Crippen LogP contribution < -0.4 is 0 Å². The summed E-state index contributed by atoms with van der Waals surface area (Å²) >= 11 is 1.63. The minimum Gasteiger partial charge on any atom is -0.295 e. The van der Waals surface area contributed by atoms with E-state index in [1.165, 1.54) is 0 Å². The van der Waals surface area contributed by atoms with Crippen LogP contribution in [0.25, 0.3) is 11.3 Å². The van der Waals surface area contributed by atoms with Gasteiger partial charge in [0.2, 0.25) is 0 Å². The van der Waals surface area contributed by atoms with Crippen LogP contribution in [0.3, 0.4) is 0 Å². The number of aromatic nitrogens is 1. The third-order valence-corrected chi connectivity index (χ3v) is 2.98. The first-order valence-corrected chi connectivity index (χ1v) is 5.58. The fourth-order valence-electron chi connectivity index (χ4n) is 1.37. The Hall–Kier alpha value is -1.48. The Bertz CT molecular complexity index is 485. The number of carbonyl (C=O) groups is 1. The van der Waals surface area contributed by atoms with Gasteiger partial charge in [-0.25, -0.2) is 4.98 Å². The van der Waals surface area contributed by atoms with Crippen LogP contribution in [0.1, 0.15) is 22.3 Å². The number of carbonyl (C=O) groups excluding carboxylic acids is 1. The molecular formula is C12H11NOS. The molecule has 0 fully saturated rings. The third kappa shape index (κ3) is 2.13. The van der Waals surface area contributed by atoms with Gasteiger partial charge in [0.15, 0.2) is 5.78 Å². The molecule has 0 N–H and O–H groups in total. The fourth-order valence-corrected chi connectivity index (χ4v) is 1.99. The van der Waals surface area contributed by atoms with E-state index >= 15 is 0 Å². The van der Waals surface area contributed by atoms with Gasteiger partial charge in [-0.1, -0.05) is 24.3 Å². The molecule has 0 spiro atoms. The lowest BCUT2D eigenvalue weighted by atomic mass is 10.1. The van der Waals surface area contributed by atoms with Crippen molar-refractivity contribution < 1.29 is 4.79 Å². The van der Waals surface area contributed by atoms with E-state index < -0.39 is 0 Å². The van der Waals surface area contributed by atoms with Gasteiger partial charge >= 0.3 is 0 Å². The van der Waals surface area contributed by atoms with Crippen molar-refractivity contribution in [1.82, 2.24) is 4.98 Å². The van der Waals surface area contributed by atoms with Crippen LogP contribution in [-0.4, -0.2) is 10.8 Å². The predicted molar refractivity (Wildman–Crippen MR) is 62.3 cm³/mol. The molecule has 0 saturated carbocycles. The second-order valence-corrected chi connectivity index (χ2v) is 4.45. The first-order chi connectivity index (χ1) is 7.16. The monoisotopic (exact) mass is 217 g/mol. The van der Waals surface area contributed by atoms with Gasteiger partial charge in [-0.3, -0.25) is 4.79 Å². The second-order valence-electron chi connectivity index (χ2n) is 3.39. The highest BCUT2D eigenvalue weighted by molar-refractivity contribution is 7.09. The van der Waals surface area contributed by atoms with E-state index in [4.69, 9.17) is 0 Å². The zero-order valence-corrected chi connectivity index (χ0v) is 9.47. The average Bonchev–Trinajstić information content (AvgIpc) is 2.65. The SMILES string of the molecule is CC(=O)c1ccc(-c2csc(C)n2)cc1. The van der Waals surface area contributed by atoms with E-state index in [1.807, 2.05) is 36.6 Å². The van der Waals surface area contributed by atoms with Crippen LogP contribution in [-0.2, 0) is 0 Å². The second kappa shape index (κ2) is 3.95. The Labute approximate surface area is 92.6 Å². The number of hydrogen-bond donors (Lipinski definition) is 0. The molecule has 0 atom stereocenters. The van der Waals surface area contributed by atoms with E-state index in [2.05, 4.69) is 4.98 Å². The van der Waals surface area contributed by atoms with Gasteiger partial charge in [-0.2, -0.15) is 0 Å². The topological polar surface area (TPSA) is 30.0 Å². The van der Waals surface area contributed by atoms with E-state index in [0.717, 1.165) is 21.8 Å². The van der Waals surface area contributed by atoms with Gasteiger partial charge in [-0.05, 0) is 13.8 Å². The maximum Gasteiger partial charge on any atom is 0.159 e. The molecule has 0 aliphatic heterocycles. The molecule has 0 aliphatic rings. The molecule has 1 aromatic carbocycles. The van der Waals surface area contributed by atoms with Crippen molar-refractivity contribution in [2.24, 2.45) is 0 Å². The number of ketones is 1. The molecule has 76 valence electrons. The van der Waals surface area contributed by atoms with Crippen LogP contribution >= 0.6 is 11.3 Å². The Kier molecular flexibility index (Phi) is 2.64. The van der Waals surface area contributed by atoms with Crippen molar-refractivity contribution >= 4 is 17.1 Å². The van der Waals surface area contributed by atoms with Crippen LogP contribution in [0.15, 0.2) is 29.6 Å². The number of nitrogens with zero attached hydrogens (tertiary/aromatic N) is 1. The molecule has 0 radical (unpaired) electrons. The van der Waals surface area contributed by atoms with Crippen molar-refractivity contribution in [3.63, 3.8) is 0 Å². The first kappa shape index (κ1) is 10.1. The Morgan fingerprint density at radius 3 is 2.40 bits per heavy atom. The molecule has 2 aromatic rings. The van der Waals surface area contributed by atoms with E-state index in [0.29, 0.717) is 0 Å². The van der Waals surface area contributed by atoms with E-state index in [-0.39, 0.29) is 5.78 Å². The highest BCUT2D eigenvalue weighted by atomic mass is 32.1. The van der Waals surface area contributed by atoms with E-state index in [1.54, 1.807) is 18.3 Å². The number of thiazole rings is 1. The summed E-state index contributed by atoms with van der Waals surface area (Å²) in [6.07, 6.45) is 0. The molecule has 1 heterocycles. The number of Topliss-reactive ketones (excluding diaryl/α,β-unsaturated/α-hetero) is 1. The van der Waals surface area contributed by atoms with Crippen LogP contribution in [0.4, 0.5) is 0 Å². The molecule has 2 rings (SSSR count). The van der Waals surface area contributed by atoms with Crippen molar-refractivity contribution in [3.8, 4) is 11.3 Å². The number of aryl methyl sites for hydroxylation is 1. The Morgan fingerprint density at radius 2 is 1.93 bits per heavy atom. The van der Waals surface area contributed by atoms with Crippen LogP contribution in [0, 0.1) is 6.92 Å². The fraction of sp³-hybridized carbons (Fsp3) is 0.167. The summed E-state index contributed by atoms with van der Waals surface area (Å²) in [6.45, 7) is 3.56. The minimum absolute atomic E-state index is 0.0935. The van der Waals surface area contributed by atoms with Gasteiger partial charge < -0.3 is 0 Å². The summed E-state index contributed by atoms with van der Waals surface area (Å²) in [7, 11) is 0. The van der Waals surface area contributed by atoms with Crippen LogP contribution in [0.2, 0.25) is 0 Å². The summed E-state index contributed by atoms with van der Waals surface area (Å²) in [6, 6.07) is 7.55. The Morgan fingerprint density at radius 1 is 1.27 bits per heavy atom. The minimum atomic E-state index is 0.0935. The maximum atomic E-state index is 11.1. The number of benzene rings is 1. The average molecular weight is 217 g/mol. The molecule has 0 amide bonds. The molecular weight excluding hydrogens is 206 g/mol. The van der Waals surface area contributed by atoms with E-state index in [9.17, 15) is 4.79 Å². The van der Waals surface area contributed by atoms with Gasteiger partial charge in [0.05, 0.1) is 10.7 Å². The van der Waals surface area contributed by atoms with Crippen molar-refractivity contribution in [1.29, 1.82) is 0 Å². The molecule has 0 aliphatic carbocycles. The zero-order valence-electron chi connectivity index (χ0n) is 8.65. The van der Waals surface area contributed by atoms with Crippen LogP contribution in [0.5, 0.6) is 0 Å². The lowest BCUT2D eigenvalue weighted by Crippen LogP contribution is -1.90. The van der Waals surface area contributed by atoms with Crippen molar-refractivity contribution in [2.75, 3.05) is 0 Å². The summed E-state index contributed by atoms with van der Waals surface area (Å²) in [5.41, 5.74) is 2.78. The Balaban J connectivity index is 2.35. The van der Waals surface area contributed by atoms with Gasteiger partial charge in [-0.15, -0.1) is 11.3 Å². The van der Waals surface area contributed by atoms with Gasteiger partial charge in [0.25, 0.3) is 0 Å². The lowest BCUT2D eigenvalue weighted by Gasteiger charge is -1.98.